The van der Waals surface area contributed by atoms with E-state index in [1.807, 2.05) is 5.32 Å². The summed E-state index contributed by atoms with van der Waals surface area (Å²) in [5.74, 6) is -8.94. The van der Waals surface area contributed by atoms with Crippen LogP contribution in [-0.4, -0.2) is 110 Å². The monoisotopic (exact) mass is 788 g/mol. The fourth-order valence-electron chi connectivity index (χ4n) is 5.73. The molecule has 5 amide bonds. The Morgan fingerprint density at radius 3 is 2.29 bits per heavy atom. The SMILES string of the molecule is C=C(C)C1NC(=O)C(NC)[C@H](O)c2cc(Cl)c(O)c(c2)O[C@@](C)(CC)[C@H](C(=O)N2CC=C[C@@H]2C(=O)N/C(C(=O)N/C(=C/C(=O)O)C(=O)O)=C(\C)CC)NC1=O. The van der Waals surface area contributed by atoms with Crippen LogP contribution < -0.4 is 31.3 Å². The van der Waals surface area contributed by atoms with Gasteiger partial charge < -0.3 is 56.6 Å². The van der Waals surface area contributed by atoms with Gasteiger partial charge in [-0.1, -0.05) is 44.2 Å². The summed E-state index contributed by atoms with van der Waals surface area (Å²) in [4.78, 5) is 92.9. The van der Waals surface area contributed by atoms with Crippen LogP contribution in [0.2, 0.25) is 5.02 Å². The Morgan fingerprint density at radius 1 is 1.09 bits per heavy atom. The Bertz CT molecular complexity index is 1880. The first-order chi connectivity index (χ1) is 25.7. The van der Waals surface area contributed by atoms with Crippen LogP contribution in [0.4, 0.5) is 0 Å². The van der Waals surface area contributed by atoms with Gasteiger partial charge in [-0.3, -0.25) is 24.0 Å². The summed E-state index contributed by atoms with van der Waals surface area (Å²) in [5, 5.41) is 52.6. The molecule has 1 aromatic carbocycles. The molecule has 2 heterocycles. The molecule has 1 aromatic rings. The van der Waals surface area contributed by atoms with Crippen molar-refractivity contribution in [2.75, 3.05) is 13.6 Å². The van der Waals surface area contributed by atoms with Crippen LogP contribution >= 0.6 is 11.6 Å². The predicted molar refractivity (Wildman–Crippen MR) is 196 cm³/mol. The average molecular weight is 789 g/mol. The summed E-state index contributed by atoms with van der Waals surface area (Å²) in [6.07, 6.45) is 1.71. The Morgan fingerprint density at radius 2 is 1.75 bits per heavy atom. The van der Waals surface area contributed by atoms with Crippen molar-refractivity contribution in [3.63, 3.8) is 0 Å². The fraction of sp³-hybridized carbons (Fsp3) is 0.417. The number of halogens is 1. The number of ether oxygens (including phenoxy) is 1. The van der Waals surface area contributed by atoms with Gasteiger partial charge in [0, 0.05) is 6.54 Å². The molecule has 9 N–H and O–H groups in total. The Kier molecular flexibility index (Phi) is 14.4. The molecule has 2 unspecified atom stereocenters. The van der Waals surface area contributed by atoms with E-state index in [-0.39, 0.29) is 52.9 Å². The molecule has 19 heteroatoms. The number of carboxylic acid groups (broad SMARTS) is 2. The highest BCUT2D eigenvalue weighted by molar-refractivity contribution is 6.32. The van der Waals surface area contributed by atoms with E-state index >= 15 is 0 Å². The van der Waals surface area contributed by atoms with Gasteiger partial charge in [-0.15, -0.1) is 0 Å². The third-order valence-corrected chi connectivity index (χ3v) is 9.51. The van der Waals surface area contributed by atoms with E-state index in [0.717, 1.165) is 4.90 Å². The number of fused-ring (bicyclic) bond motifs is 2. The molecule has 0 fully saturated rings. The molecule has 2 aliphatic rings. The minimum absolute atomic E-state index is 0.0204. The van der Waals surface area contributed by atoms with Crippen molar-refractivity contribution in [3.05, 3.63) is 70.1 Å². The summed E-state index contributed by atoms with van der Waals surface area (Å²) in [7, 11) is 1.40. The number of allylic oxidation sites excluding steroid dienone is 1. The van der Waals surface area contributed by atoms with Crippen LogP contribution in [0.25, 0.3) is 0 Å². The lowest BCUT2D eigenvalue weighted by Crippen LogP contribution is -2.65. The fourth-order valence-corrected chi connectivity index (χ4v) is 5.95. The molecule has 2 bridgehead atoms. The van der Waals surface area contributed by atoms with Gasteiger partial charge in [0.05, 0.1) is 11.1 Å². The number of benzene rings is 1. The number of likely N-dealkylation sites (N-methyl/N-ethyl adjacent to an activating group) is 1. The number of aromatic hydroxyl groups is 1. The smallest absolute Gasteiger partial charge is 0.352 e. The van der Waals surface area contributed by atoms with Gasteiger partial charge in [0.15, 0.2) is 11.5 Å². The van der Waals surface area contributed by atoms with E-state index in [1.54, 1.807) is 13.8 Å². The predicted octanol–water partition coefficient (Wildman–Crippen LogP) is 0.510. The van der Waals surface area contributed by atoms with Crippen molar-refractivity contribution in [2.24, 2.45) is 0 Å². The number of aliphatic carboxylic acids is 2. The van der Waals surface area contributed by atoms with Gasteiger partial charge >= 0.3 is 11.9 Å². The number of aliphatic hydroxyl groups is 1. The number of phenols is 1. The number of carbonyl (C=O) groups excluding carboxylic acids is 5. The third-order valence-electron chi connectivity index (χ3n) is 9.22. The number of amides is 5. The van der Waals surface area contributed by atoms with Gasteiger partial charge in [-0.2, -0.15) is 0 Å². The maximum absolute atomic E-state index is 14.7. The number of hydrogen-bond acceptors (Lipinski definition) is 11. The molecule has 3 rings (SSSR count). The van der Waals surface area contributed by atoms with Crippen LogP contribution in [0.15, 0.2) is 59.5 Å². The quantitative estimate of drug-likeness (QED) is 0.109. The zero-order chi connectivity index (χ0) is 41.5. The van der Waals surface area contributed by atoms with Gasteiger partial charge in [0.1, 0.15) is 47.3 Å². The molecule has 55 heavy (non-hydrogen) atoms. The summed E-state index contributed by atoms with van der Waals surface area (Å²) < 4.78 is 6.29. The lowest BCUT2D eigenvalue weighted by atomic mass is 9.90. The molecule has 298 valence electrons. The molecule has 0 spiro atoms. The van der Waals surface area contributed by atoms with Crippen molar-refractivity contribution >= 4 is 53.1 Å². The topological polar surface area (TPSA) is 273 Å². The van der Waals surface area contributed by atoms with E-state index in [9.17, 15) is 48.9 Å². The molecule has 0 aromatic heterocycles. The molecule has 0 saturated carbocycles. The van der Waals surface area contributed by atoms with Gasteiger partial charge in [-0.05, 0) is 69.5 Å². The third kappa shape index (κ3) is 9.88. The number of nitrogens with one attached hydrogen (secondary N) is 5. The van der Waals surface area contributed by atoms with Crippen LogP contribution in [0.5, 0.6) is 11.5 Å². The van der Waals surface area contributed by atoms with Crippen molar-refractivity contribution in [1.82, 2.24) is 31.5 Å². The molecule has 0 saturated heterocycles. The van der Waals surface area contributed by atoms with Crippen LogP contribution in [0.3, 0.4) is 0 Å². The minimum Gasteiger partial charge on any atom is -0.503 e. The second-order valence-electron chi connectivity index (χ2n) is 13.1. The summed E-state index contributed by atoms with van der Waals surface area (Å²) in [5.41, 5.74) is -2.62. The first-order valence-electron chi connectivity index (χ1n) is 17.0. The van der Waals surface area contributed by atoms with Gasteiger partial charge in [0.2, 0.25) is 11.8 Å². The molecule has 0 radical (unpaired) electrons. The van der Waals surface area contributed by atoms with Gasteiger partial charge in [0.25, 0.3) is 17.7 Å². The van der Waals surface area contributed by atoms with Gasteiger partial charge in [-0.25, -0.2) is 9.59 Å². The highest BCUT2D eigenvalue weighted by atomic mass is 35.5. The molecule has 6 atom stereocenters. The largest absolute Gasteiger partial charge is 0.503 e. The zero-order valence-corrected chi connectivity index (χ0v) is 31.7. The lowest BCUT2D eigenvalue weighted by Gasteiger charge is -2.40. The van der Waals surface area contributed by atoms with E-state index in [0.29, 0.717) is 0 Å². The Balaban J connectivity index is 2.11. The van der Waals surface area contributed by atoms with Crippen LogP contribution in [0, 0.1) is 0 Å². The highest BCUT2D eigenvalue weighted by Crippen LogP contribution is 2.41. The minimum atomic E-state index is -1.75. The molecule has 2 aliphatic heterocycles. The number of nitrogens with zero attached hydrogens (tertiary/aromatic N) is 1. The normalized spacial score (nSPS) is 24.8. The van der Waals surface area contributed by atoms with E-state index in [2.05, 4.69) is 27.8 Å². The number of rotatable bonds is 11. The molecule has 0 aliphatic carbocycles. The van der Waals surface area contributed by atoms with Crippen LogP contribution in [0.1, 0.15) is 59.1 Å². The van der Waals surface area contributed by atoms with E-state index < -0.39 is 94.5 Å². The second-order valence-corrected chi connectivity index (χ2v) is 13.5. The number of aliphatic hydroxyl groups excluding tert-OH is 1. The Hall–Kier alpha value is -5.72. The summed E-state index contributed by atoms with van der Waals surface area (Å²) in [6.45, 7) is 11.3. The first kappa shape index (κ1) is 43.7. The van der Waals surface area contributed by atoms with Crippen molar-refractivity contribution in [3.8, 4) is 11.5 Å². The van der Waals surface area contributed by atoms with Crippen LogP contribution in [-0.2, 0) is 33.6 Å². The number of hydrogen-bond donors (Lipinski definition) is 9. The Labute approximate surface area is 321 Å². The van der Waals surface area contributed by atoms with Crippen molar-refractivity contribution < 1.29 is 58.7 Å². The maximum atomic E-state index is 14.7. The lowest BCUT2D eigenvalue weighted by molar-refractivity contribution is -0.146. The van der Waals surface area contributed by atoms with E-state index in [1.165, 1.54) is 52.1 Å². The summed E-state index contributed by atoms with van der Waals surface area (Å²) in [6, 6.07) is -3.37. The number of carboxylic acids is 2. The first-order valence-corrected chi connectivity index (χ1v) is 17.4. The summed E-state index contributed by atoms with van der Waals surface area (Å²) >= 11 is 6.33. The molecular weight excluding hydrogens is 744 g/mol. The maximum Gasteiger partial charge on any atom is 0.352 e. The zero-order valence-electron chi connectivity index (χ0n) is 31.0. The van der Waals surface area contributed by atoms with Crippen molar-refractivity contribution in [1.29, 1.82) is 0 Å². The average Bonchev–Trinajstić information content (AvgIpc) is 3.62. The standard InChI is InChI=1S/C36H45ClN6O12/c1-8-17(5)25(32(50)39-20(35(53)54)15-23(44)45)41-30(48)21-11-10-12-43(21)34(52)29-36(6,9-2)55-22-14-18(13-19(37)28(22)47)27(46)26(38-7)33(51)40-24(16(3)4)31(49)42-29/h10-11,13-15,21,24,26-27,29,38,46-47H,3,8-9,12H2,1-2,4-7H3,(H,39,50)(H,40,51)(H,41,48)(H,42,49)(H,44,45)(H,53,54)/b20-15+,25-17+/t21-,24?,26?,27-,29+,36+/m1/s1. The van der Waals surface area contributed by atoms with E-state index in [4.69, 9.17) is 21.4 Å². The van der Waals surface area contributed by atoms with Crippen molar-refractivity contribution in [2.45, 2.75) is 83.3 Å². The molecule has 18 nitrogen and oxygen atoms in total. The second kappa shape index (κ2) is 18.1. The highest BCUT2D eigenvalue weighted by Gasteiger charge is 2.47. The number of carbonyl (C=O) groups is 7. The number of phenolic OH excluding ortho intramolecular Hbond substituents is 1. The molecular formula is C36H45ClN6O12.